The molecular weight excluding hydrogens is 257 g/mol. The summed E-state index contributed by atoms with van der Waals surface area (Å²) >= 11 is 0. The Kier molecular flexibility index (Phi) is 6.31. The number of ether oxygens (including phenoxy) is 1. The Bertz CT molecular complexity index is 360. The fourth-order valence-corrected chi connectivity index (χ4v) is 1.74. The van der Waals surface area contributed by atoms with Crippen molar-refractivity contribution in [2.75, 3.05) is 13.2 Å². The first-order valence-electron chi connectivity index (χ1n) is 6.34. The van der Waals surface area contributed by atoms with E-state index in [0.29, 0.717) is 5.56 Å². The molecule has 1 aromatic rings. The Morgan fingerprint density at radius 3 is 2.37 bits per heavy atom. The van der Waals surface area contributed by atoms with Gasteiger partial charge in [-0.2, -0.15) is 13.2 Å². The number of alkyl halides is 3. The van der Waals surface area contributed by atoms with Crippen molar-refractivity contribution in [2.24, 2.45) is 0 Å². The van der Waals surface area contributed by atoms with Gasteiger partial charge in [0.05, 0.1) is 6.10 Å². The van der Waals surface area contributed by atoms with Crippen molar-refractivity contribution in [3.05, 3.63) is 35.4 Å². The molecule has 0 aliphatic heterocycles. The van der Waals surface area contributed by atoms with Gasteiger partial charge in [-0.25, -0.2) is 0 Å². The first kappa shape index (κ1) is 16.0. The zero-order valence-electron chi connectivity index (χ0n) is 10.9. The lowest BCUT2D eigenvalue weighted by Crippen LogP contribution is -2.18. The highest BCUT2D eigenvalue weighted by Gasteiger charge is 2.27. The molecule has 0 bridgehead atoms. The van der Waals surface area contributed by atoms with E-state index in [1.807, 2.05) is 12.1 Å². The van der Waals surface area contributed by atoms with Gasteiger partial charge in [0.15, 0.2) is 0 Å². The van der Waals surface area contributed by atoms with Crippen LogP contribution < -0.4 is 0 Å². The number of aryl methyl sites for hydroxylation is 1. The summed E-state index contributed by atoms with van der Waals surface area (Å²) in [6.07, 6.45) is -2.92. The highest BCUT2D eigenvalue weighted by atomic mass is 19.4. The second kappa shape index (κ2) is 7.50. The van der Waals surface area contributed by atoms with Crippen LogP contribution in [0.4, 0.5) is 13.2 Å². The van der Waals surface area contributed by atoms with Gasteiger partial charge >= 0.3 is 6.18 Å². The van der Waals surface area contributed by atoms with Gasteiger partial charge in [0.2, 0.25) is 0 Å². The highest BCUT2D eigenvalue weighted by Crippen LogP contribution is 2.19. The second-order valence-corrected chi connectivity index (χ2v) is 4.46. The molecule has 1 unspecified atom stereocenters. The third-order valence-corrected chi connectivity index (χ3v) is 2.70. The molecule has 0 aliphatic carbocycles. The molecule has 0 saturated heterocycles. The molecule has 5 heteroatoms. The molecule has 1 atom stereocenters. The van der Waals surface area contributed by atoms with Crippen molar-refractivity contribution in [3.8, 4) is 0 Å². The van der Waals surface area contributed by atoms with Gasteiger partial charge in [0.1, 0.15) is 6.61 Å². The van der Waals surface area contributed by atoms with Crippen molar-refractivity contribution >= 4 is 0 Å². The smallest absolute Gasteiger partial charge is 0.388 e. The molecule has 0 radical (unpaired) electrons. The predicted octanol–water partition coefficient (Wildman–Crippen LogP) is 3.64. The van der Waals surface area contributed by atoms with Crippen molar-refractivity contribution < 1.29 is 23.0 Å². The molecule has 0 saturated carbocycles. The first-order chi connectivity index (χ1) is 8.92. The van der Waals surface area contributed by atoms with E-state index >= 15 is 0 Å². The van der Waals surface area contributed by atoms with Crippen molar-refractivity contribution in [2.45, 2.75) is 38.5 Å². The Morgan fingerprint density at radius 1 is 1.21 bits per heavy atom. The number of rotatable bonds is 7. The Balaban J connectivity index is 2.34. The molecule has 0 aliphatic rings. The summed E-state index contributed by atoms with van der Waals surface area (Å²) in [5, 5.41) is 9.81. The summed E-state index contributed by atoms with van der Waals surface area (Å²) in [5.41, 5.74) is 1.89. The molecule has 1 N–H and O–H groups in total. The lowest BCUT2D eigenvalue weighted by Gasteiger charge is -2.12. The third kappa shape index (κ3) is 6.59. The van der Waals surface area contributed by atoms with Gasteiger partial charge in [-0.05, 0) is 17.5 Å². The number of halogens is 3. The van der Waals surface area contributed by atoms with Crippen LogP contribution >= 0.6 is 0 Å². The maximum atomic E-state index is 11.8. The number of aliphatic hydroxyl groups excluding tert-OH is 1. The molecule has 0 aromatic heterocycles. The van der Waals surface area contributed by atoms with Crippen molar-refractivity contribution in [1.82, 2.24) is 0 Å². The van der Waals surface area contributed by atoms with Gasteiger partial charge in [-0.1, -0.05) is 37.6 Å². The fourth-order valence-electron chi connectivity index (χ4n) is 1.74. The summed E-state index contributed by atoms with van der Waals surface area (Å²) < 4.78 is 40.0. The number of hydrogen-bond donors (Lipinski definition) is 1. The lowest BCUT2D eigenvalue weighted by atomic mass is 10.0. The molecule has 0 amide bonds. The van der Waals surface area contributed by atoms with Crippen LogP contribution in [0, 0.1) is 0 Å². The highest BCUT2D eigenvalue weighted by molar-refractivity contribution is 5.24. The maximum absolute atomic E-state index is 11.8. The number of benzene rings is 1. The van der Waals surface area contributed by atoms with Crippen LogP contribution in [-0.4, -0.2) is 24.5 Å². The first-order valence-corrected chi connectivity index (χ1v) is 6.34. The van der Waals surface area contributed by atoms with Crippen LogP contribution in [0.2, 0.25) is 0 Å². The van der Waals surface area contributed by atoms with Gasteiger partial charge in [-0.15, -0.1) is 0 Å². The van der Waals surface area contributed by atoms with E-state index in [4.69, 9.17) is 0 Å². The van der Waals surface area contributed by atoms with Gasteiger partial charge < -0.3 is 9.84 Å². The van der Waals surface area contributed by atoms with Crippen molar-refractivity contribution in [3.63, 3.8) is 0 Å². The lowest BCUT2D eigenvalue weighted by molar-refractivity contribution is -0.175. The van der Waals surface area contributed by atoms with E-state index in [0.717, 1.165) is 12.8 Å². The number of aliphatic hydroxyl groups is 1. The van der Waals surface area contributed by atoms with E-state index in [1.54, 1.807) is 12.1 Å². The normalized spacial score (nSPS) is 13.5. The van der Waals surface area contributed by atoms with Gasteiger partial charge in [0, 0.05) is 13.0 Å². The topological polar surface area (TPSA) is 29.5 Å². The van der Waals surface area contributed by atoms with Crippen molar-refractivity contribution in [1.29, 1.82) is 0 Å². The fraction of sp³-hybridized carbons (Fsp3) is 0.571. The molecule has 0 spiro atoms. The molecule has 2 nitrogen and oxygen atoms in total. The van der Waals surface area contributed by atoms with E-state index in [9.17, 15) is 18.3 Å². The molecule has 0 heterocycles. The van der Waals surface area contributed by atoms with Crippen LogP contribution in [0.5, 0.6) is 0 Å². The molecule has 19 heavy (non-hydrogen) atoms. The molecule has 108 valence electrons. The zero-order chi connectivity index (χ0) is 14.3. The van der Waals surface area contributed by atoms with Crippen LogP contribution in [0.15, 0.2) is 24.3 Å². The molecule has 0 fully saturated rings. The molecule has 1 aromatic carbocycles. The zero-order valence-corrected chi connectivity index (χ0v) is 10.9. The summed E-state index contributed by atoms with van der Waals surface area (Å²) in [7, 11) is 0. The van der Waals surface area contributed by atoms with E-state index in [1.165, 1.54) is 5.56 Å². The second-order valence-electron chi connectivity index (χ2n) is 4.46. The Hall–Kier alpha value is -1.07. The van der Waals surface area contributed by atoms with E-state index in [-0.39, 0.29) is 13.0 Å². The quantitative estimate of drug-likeness (QED) is 0.770. The minimum absolute atomic E-state index is 0.114. The van der Waals surface area contributed by atoms with Crippen LogP contribution in [0.3, 0.4) is 0 Å². The molecular formula is C14H19F3O2. The minimum atomic E-state index is -4.31. The maximum Gasteiger partial charge on any atom is 0.411 e. The largest absolute Gasteiger partial charge is 0.411 e. The van der Waals surface area contributed by atoms with Crippen LogP contribution in [0.25, 0.3) is 0 Å². The summed E-state index contributed by atoms with van der Waals surface area (Å²) in [6.45, 7) is 0.702. The SMILES string of the molecule is CCCc1ccc(C(O)CCOCC(F)(F)F)cc1. The summed E-state index contributed by atoms with van der Waals surface area (Å²) in [5.74, 6) is 0. The number of hydrogen-bond acceptors (Lipinski definition) is 2. The standard InChI is InChI=1S/C14H19F3O2/c1-2-3-11-4-6-12(7-5-11)13(18)8-9-19-10-14(15,16)17/h4-7,13,18H,2-3,8-10H2,1H3. The predicted molar refractivity (Wildman–Crippen MR) is 66.9 cm³/mol. The third-order valence-electron chi connectivity index (χ3n) is 2.70. The summed E-state index contributed by atoms with van der Waals surface area (Å²) in [4.78, 5) is 0. The molecule has 1 rings (SSSR count). The monoisotopic (exact) mass is 276 g/mol. The minimum Gasteiger partial charge on any atom is -0.388 e. The summed E-state index contributed by atoms with van der Waals surface area (Å²) in [6, 6.07) is 7.47. The van der Waals surface area contributed by atoms with E-state index in [2.05, 4.69) is 11.7 Å². The Morgan fingerprint density at radius 2 is 1.84 bits per heavy atom. The van der Waals surface area contributed by atoms with Gasteiger partial charge in [0.25, 0.3) is 0 Å². The Labute approximate surface area is 111 Å². The average Bonchev–Trinajstić information content (AvgIpc) is 2.34. The average molecular weight is 276 g/mol. The van der Waals surface area contributed by atoms with Crippen LogP contribution in [0.1, 0.15) is 37.0 Å². The van der Waals surface area contributed by atoms with Gasteiger partial charge in [-0.3, -0.25) is 0 Å². The van der Waals surface area contributed by atoms with E-state index < -0.39 is 18.9 Å². The van der Waals surface area contributed by atoms with Crippen LogP contribution in [-0.2, 0) is 11.2 Å².